The highest BCUT2D eigenvalue weighted by Gasteiger charge is 2.33. The molecular formula is C9H5ClF3NO3. The van der Waals surface area contributed by atoms with E-state index in [4.69, 9.17) is 11.6 Å². The molecule has 1 aromatic carbocycles. The van der Waals surface area contributed by atoms with Crippen LogP contribution < -0.4 is 0 Å². The van der Waals surface area contributed by atoms with Gasteiger partial charge in [-0.1, -0.05) is 0 Å². The number of nitrogens with zero attached hydrogens (tertiary/aromatic N) is 1. The summed E-state index contributed by atoms with van der Waals surface area (Å²) in [5, 5.41) is 10.4. The average molecular weight is 268 g/mol. The molecule has 1 aromatic rings. The maximum absolute atomic E-state index is 12.4. The third kappa shape index (κ3) is 3.16. The predicted octanol–water partition coefficient (Wildman–Crippen LogP) is 3.04. The lowest BCUT2D eigenvalue weighted by molar-refractivity contribution is -0.385. The first kappa shape index (κ1) is 13.4. The van der Waals surface area contributed by atoms with Crippen LogP contribution in [-0.2, 0) is 6.18 Å². The third-order valence-electron chi connectivity index (χ3n) is 1.90. The largest absolute Gasteiger partial charge is 0.416 e. The summed E-state index contributed by atoms with van der Waals surface area (Å²) < 4.78 is 37.2. The Morgan fingerprint density at radius 1 is 1.35 bits per heavy atom. The van der Waals surface area contributed by atoms with E-state index < -0.39 is 39.6 Å². The van der Waals surface area contributed by atoms with Gasteiger partial charge in [-0.25, -0.2) is 0 Å². The summed E-state index contributed by atoms with van der Waals surface area (Å²) in [5.74, 6) is -1.35. The van der Waals surface area contributed by atoms with Crippen LogP contribution in [0, 0.1) is 10.1 Å². The Labute approximate surface area is 98.1 Å². The van der Waals surface area contributed by atoms with Gasteiger partial charge in [0.2, 0.25) is 0 Å². The third-order valence-corrected chi connectivity index (χ3v) is 2.14. The van der Waals surface area contributed by atoms with Gasteiger partial charge in [0.05, 0.1) is 16.4 Å². The zero-order valence-electron chi connectivity index (χ0n) is 8.12. The Kier molecular flexibility index (Phi) is 3.72. The van der Waals surface area contributed by atoms with Gasteiger partial charge < -0.3 is 0 Å². The summed E-state index contributed by atoms with van der Waals surface area (Å²) >= 11 is 5.18. The number of Topliss-reactive ketones (excluding diaryl/α,β-unsaturated/α-hetero) is 1. The van der Waals surface area contributed by atoms with Crippen molar-refractivity contribution in [1.82, 2.24) is 0 Å². The van der Waals surface area contributed by atoms with E-state index in [2.05, 4.69) is 0 Å². The highest BCUT2D eigenvalue weighted by Crippen LogP contribution is 2.32. The fourth-order valence-corrected chi connectivity index (χ4v) is 1.27. The van der Waals surface area contributed by atoms with Crippen LogP contribution in [0.4, 0.5) is 18.9 Å². The molecule has 0 spiro atoms. The molecule has 0 saturated heterocycles. The number of hydrogen-bond acceptors (Lipinski definition) is 3. The quantitative estimate of drug-likeness (QED) is 0.366. The maximum Gasteiger partial charge on any atom is 0.416 e. The van der Waals surface area contributed by atoms with Gasteiger partial charge in [-0.3, -0.25) is 14.9 Å². The van der Waals surface area contributed by atoms with Gasteiger partial charge in [-0.05, 0) is 6.07 Å². The van der Waals surface area contributed by atoms with Gasteiger partial charge >= 0.3 is 6.18 Å². The molecule has 92 valence electrons. The Morgan fingerprint density at radius 3 is 2.35 bits per heavy atom. The first-order valence-electron chi connectivity index (χ1n) is 4.21. The van der Waals surface area contributed by atoms with Crippen molar-refractivity contribution in [3.05, 3.63) is 39.4 Å². The summed E-state index contributed by atoms with van der Waals surface area (Å²) in [6.07, 6.45) is -4.76. The molecule has 0 atom stereocenters. The highest BCUT2D eigenvalue weighted by molar-refractivity contribution is 6.30. The molecule has 17 heavy (non-hydrogen) atoms. The summed E-state index contributed by atoms with van der Waals surface area (Å²) in [5.41, 5.74) is -2.48. The van der Waals surface area contributed by atoms with Crippen molar-refractivity contribution in [1.29, 1.82) is 0 Å². The van der Waals surface area contributed by atoms with E-state index in [1.54, 1.807) is 0 Å². The topological polar surface area (TPSA) is 60.2 Å². The van der Waals surface area contributed by atoms with Gasteiger partial charge in [0, 0.05) is 17.7 Å². The highest BCUT2D eigenvalue weighted by atomic mass is 35.5. The Hall–Kier alpha value is -1.63. The number of non-ortho nitro benzene ring substituents is 1. The minimum atomic E-state index is -4.76. The Balaban J connectivity index is 3.39. The molecule has 0 unspecified atom stereocenters. The molecule has 0 saturated carbocycles. The van der Waals surface area contributed by atoms with E-state index in [-0.39, 0.29) is 0 Å². The Bertz CT molecular complexity index is 473. The van der Waals surface area contributed by atoms with Crippen LogP contribution in [0.25, 0.3) is 0 Å². The number of hydrogen-bond donors (Lipinski definition) is 0. The summed E-state index contributed by atoms with van der Waals surface area (Å²) in [6, 6.07) is 1.67. The molecule has 0 aliphatic rings. The van der Waals surface area contributed by atoms with E-state index >= 15 is 0 Å². The van der Waals surface area contributed by atoms with E-state index in [1.165, 1.54) is 0 Å². The van der Waals surface area contributed by atoms with Crippen molar-refractivity contribution in [3.63, 3.8) is 0 Å². The van der Waals surface area contributed by atoms with Gasteiger partial charge in [0.25, 0.3) is 5.69 Å². The average Bonchev–Trinajstić information content (AvgIpc) is 2.26. The van der Waals surface area contributed by atoms with E-state index in [0.717, 1.165) is 6.07 Å². The number of alkyl halides is 4. The van der Waals surface area contributed by atoms with Crippen LogP contribution >= 0.6 is 11.6 Å². The van der Waals surface area contributed by atoms with Crippen molar-refractivity contribution in [2.75, 3.05) is 5.88 Å². The standard InChI is InChI=1S/C9H5ClF3NO3/c10-4-8(15)5-1-6(9(11,12)13)3-7(2-5)14(16)17/h1-3H,4H2. The van der Waals surface area contributed by atoms with Crippen LogP contribution in [0.2, 0.25) is 0 Å². The van der Waals surface area contributed by atoms with Crippen LogP contribution in [-0.4, -0.2) is 16.6 Å². The van der Waals surface area contributed by atoms with Crippen molar-refractivity contribution in [2.24, 2.45) is 0 Å². The van der Waals surface area contributed by atoms with E-state index in [0.29, 0.717) is 12.1 Å². The number of nitro benzene ring substituents is 1. The zero-order chi connectivity index (χ0) is 13.2. The summed E-state index contributed by atoms with van der Waals surface area (Å²) in [7, 11) is 0. The fourth-order valence-electron chi connectivity index (χ4n) is 1.12. The number of nitro groups is 1. The van der Waals surface area contributed by atoms with E-state index in [1.807, 2.05) is 0 Å². The molecule has 0 bridgehead atoms. The summed E-state index contributed by atoms with van der Waals surface area (Å²) in [6.45, 7) is 0. The van der Waals surface area contributed by atoms with Crippen LogP contribution in [0.1, 0.15) is 15.9 Å². The molecule has 0 fully saturated rings. The normalized spacial score (nSPS) is 11.3. The molecule has 0 N–H and O–H groups in total. The van der Waals surface area contributed by atoms with Crippen LogP contribution in [0.3, 0.4) is 0 Å². The molecule has 0 amide bonds. The lowest BCUT2D eigenvalue weighted by Gasteiger charge is -2.07. The lowest BCUT2D eigenvalue weighted by Crippen LogP contribution is -2.09. The second-order valence-electron chi connectivity index (χ2n) is 3.08. The first-order valence-corrected chi connectivity index (χ1v) is 4.75. The number of benzene rings is 1. The molecule has 0 aliphatic carbocycles. The van der Waals surface area contributed by atoms with Crippen LogP contribution in [0.5, 0.6) is 0 Å². The predicted molar refractivity (Wildman–Crippen MR) is 53.1 cm³/mol. The van der Waals surface area contributed by atoms with Crippen molar-refractivity contribution >= 4 is 23.1 Å². The monoisotopic (exact) mass is 267 g/mol. The van der Waals surface area contributed by atoms with Crippen LogP contribution in [0.15, 0.2) is 18.2 Å². The molecular weight excluding hydrogens is 263 g/mol. The molecule has 0 aromatic heterocycles. The second kappa shape index (κ2) is 4.70. The minimum absolute atomic E-state index is 0.366. The van der Waals surface area contributed by atoms with Crippen molar-refractivity contribution in [3.8, 4) is 0 Å². The molecule has 8 heteroatoms. The van der Waals surface area contributed by atoms with Gasteiger partial charge in [-0.15, -0.1) is 11.6 Å². The van der Waals surface area contributed by atoms with Gasteiger partial charge in [-0.2, -0.15) is 13.2 Å². The van der Waals surface area contributed by atoms with Gasteiger partial charge in [0.1, 0.15) is 0 Å². The minimum Gasteiger partial charge on any atom is -0.293 e. The molecule has 0 aliphatic heterocycles. The number of ketones is 1. The Morgan fingerprint density at radius 2 is 1.94 bits per heavy atom. The molecule has 0 radical (unpaired) electrons. The fraction of sp³-hybridized carbons (Fsp3) is 0.222. The SMILES string of the molecule is O=C(CCl)c1cc([N+](=O)[O-])cc(C(F)(F)F)c1. The number of halogens is 4. The molecule has 4 nitrogen and oxygen atoms in total. The van der Waals surface area contributed by atoms with Crippen molar-refractivity contribution in [2.45, 2.75) is 6.18 Å². The smallest absolute Gasteiger partial charge is 0.293 e. The molecule has 0 heterocycles. The number of carbonyl (C=O) groups excluding carboxylic acids is 1. The second-order valence-corrected chi connectivity index (χ2v) is 3.35. The molecule has 1 rings (SSSR count). The number of carbonyl (C=O) groups is 1. The maximum atomic E-state index is 12.4. The van der Waals surface area contributed by atoms with Gasteiger partial charge in [0.15, 0.2) is 5.78 Å². The summed E-state index contributed by atoms with van der Waals surface area (Å²) in [4.78, 5) is 20.6. The van der Waals surface area contributed by atoms with E-state index in [9.17, 15) is 28.1 Å². The van der Waals surface area contributed by atoms with Crippen molar-refractivity contribution < 1.29 is 22.9 Å². The zero-order valence-corrected chi connectivity index (χ0v) is 8.88. The lowest BCUT2D eigenvalue weighted by atomic mass is 10.1. The number of rotatable bonds is 3. The first-order chi connectivity index (χ1) is 7.75.